The molecule has 3 aromatic rings. The van der Waals surface area contributed by atoms with Gasteiger partial charge in [0.15, 0.2) is 5.13 Å². The Labute approximate surface area is 183 Å². The number of non-ortho nitro benzene ring substituents is 1. The lowest BCUT2D eigenvalue weighted by Crippen LogP contribution is -2.38. The minimum absolute atomic E-state index is 0. The molecule has 0 atom stereocenters. The molecular formula is C20H22ClFN4O3S. The molecule has 0 saturated heterocycles. The Hall–Kier alpha value is -2.62. The highest BCUT2D eigenvalue weighted by atomic mass is 35.5. The van der Waals surface area contributed by atoms with Crippen LogP contribution in [0.5, 0.6) is 0 Å². The highest BCUT2D eigenvalue weighted by Gasteiger charge is 2.23. The van der Waals surface area contributed by atoms with Crippen LogP contribution in [0.25, 0.3) is 10.2 Å². The molecule has 1 heterocycles. The first-order valence-electron chi connectivity index (χ1n) is 9.27. The van der Waals surface area contributed by atoms with Crippen LogP contribution < -0.4 is 4.90 Å². The van der Waals surface area contributed by atoms with Crippen molar-refractivity contribution < 1.29 is 14.1 Å². The molecule has 3 rings (SSSR count). The third-order valence-corrected chi connectivity index (χ3v) is 5.69. The summed E-state index contributed by atoms with van der Waals surface area (Å²) in [4.78, 5) is 32.0. The van der Waals surface area contributed by atoms with Gasteiger partial charge in [0.2, 0.25) is 0 Å². The summed E-state index contributed by atoms with van der Waals surface area (Å²) in [7, 11) is 0. The van der Waals surface area contributed by atoms with E-state index in [4.69, 9.17) is 0 Å². The summed E-state index contributed by atoms with van der Waals surface area (Å²) in [5, 5.41) is 11.5. The topological polar surface area (TPSA) is 79.6 Å². The average molecular weight is 453 g/mol. The molecule has 0 bridgehead atoms. The number of thiazole rings is 1. The molecule has 0 spiro atoms. The third kappa shape index (κ3) is 5.29. The maximum atomic E-state index is 13.6. The maximum Gasteiger partial charge on any atom is 0.270 e. The van der Waals surface area contributed by atoms with Crippen LogP contribution in [0.15, 0.2) is 42.5 Å². The smallest absolute Gasteiger partial charge is 0.270 e. The van der Waals surface area contributed by atoms with E-state index in [1.54, 1.807) is 12.1 Å². The van der Waals surface area contributed by atoms with Crippen LogP contribution in [0.2, 0.25) is 0 Å². The molecule has 0 aliphatic rings. The van der Waals surface area contributed by atoms with Gasteiger partial charge >= 0.3 is 0 Å². The van der Waals surface area contributed by atoms with Crippen LogP contribution in [0.3, 0.4) is 0 Å². The fourth-order valence-electron chi connectivity index (χ4n) is 2.98. The van der Waals surface area contributed by atoms with Gasteiger partial charge in [0.1, 0.15) is 5.82 Å². The number of nitro benzene ring substituents is 1. The second-order valence-corrected chi connectivity index (χ2v) is 7.41. The summed E-state index contributed by atoms with van der Waals surface area (Å²) in [5.74, 6) is -0.743. The number of anilines is 1. The lowest BCUT2D eigenvalue weighted by atomic mass is 10.2. The van der Waals surface area contributed by atoms with Gasteiger partial charge in [-0.15, -0.1) is 12.4 Å². The van der Waals surface area contributed by atoms with Gasteiger partial charge in [-0.2, -0.15) is 0 Å². The van der Waals surface area contributed by atoms with Crippen LogP contribution in [-0.2, 0) is 0 Å². The first-order valence-corrected chi connectivity index (χ1v) is 10.1. The molecule has 0 saturated carbocycles. The van der Waals surface area contributed by atoms with Crippen LogP contribution in [0.4, 0.5) is 15.2 Å². The second-order valence-electron chi connectivity index (χ2n) is 6.40. The number of benzene rings is 2. The van der Waals surface area contributed by atoms with Crippen molar-refractivity contribution in [2.24, 2.45) is 0 Å². The third-order valence-electron chi connectivity index (χ3n) is 4.65. The van der Waals surface area contributed by atoms with Gasteiger partial charge in [-0.1, -0.05) is 31.3 Å². The quantitative estimate of drug-likeness (QED) is 0.364. The summed E-state index contributed by atoms with van der Waals surface area (Å²) in [6, 6.07) is 9.93. The molecule has 0 aliphatic heterocycles. The summed E-state index contributed by atoms with van der Waals surface area (Å²) in [6.45, 7) is 6.73. The molecule has 1 amide bonds. The van der Waals surface area contributed by atoms with Gasteiger partial charge in [-0.25, -0.2) is 9.37 Å². The number of carbonyl (C=O) groups excluding carboxylic acids is 1. The lowest BCUT2D eigenvalue weighted by Gasteiger charge is -2.24. The molecule has 0 unspecified atom stereocenters. The monoisotopic (exact) mass is 452 g/mol. The van der Waals surface area contributed by atoms with Crippen molar-refractivity contribution in [1.82, 2.24) is 9.88 Å². The minimum Gasteiger partial charge on any atom is -0.302 e. The Morgan fingerprint density at radius 2 is 1.90 bits per heavy atom. The maximum absolute atomic E-state index is 13.6. The van der Waals surface area contributed by atoms with Gasteiger partial charge in [-0.05, 0) is 37.4 Å². The van der Waals surface area contributed by atoms with Crippen molar-refractivity contribution in [1.29, 1.82) is 0 Å². The first-order chi connectivity index (χ1) is 13.9. The number of hydrogen-bond donors (Lipinski definition) is 0. The second kappa shape index (κ2) is 10.4. The molecule has 0 radical (unpaired) electrons. The minimum atomic E-state index is -0.530. The van der Waals surface area contributed by atoms with Crippen LogP contribution in [0.1, 0.15) is 24.2 Å². The highest BCUT2D eigenvalue weighted by Crippen LogP contribution is 2.30. The Morgan fingerprint density at radius 3 is 2.57 bits per heavy atom. The zero-order valence-corrected chi connectivity index (χ0v) is 18.2. The standard InChI is InChI=1S/C20H21FN4O3S.ClH/c1-3-23(4-2)10-11-24(19(26)14-6-5-7-16(12-14)25(27)28)20-22-17-9-8-15(21)13-18(17)29-20;/h5-9,12-13H,3-4,10-11H2,1-2H3;1H. The van der Waals surface area contributed by atoms with Gasteiger partial charge in [0, 0.05) is 30.8 Å². The Kier molecular flexibility index (Phi) is 8.22. The predicted octanol–water partition coefficient (Wildman–Crippen LogP) is 4.75. The van der Waals surface area contributed by atoms with E-state index in [-0.39, 0.29) is 35.4 Å². The summed E-state index contributed by atoms with van der Waals surface area (Å²) in [5.41, 5.74) is 0.668. The molecule has 0 N–H and O–H groups in total. The van der Waals surface area contributed by atoms with Crippen molar-refractivity contribution in [2.45, 2.75) is 13.8 Å². The molecule has 2 aromatic carbocycles. The van der Waals surface area contributed by atoms with Gasteiger partial charge < -0.3 is 4.90 Å². The van der Waals surface area contributed by atoms with Crippen LogP contribution in [-0.4, -0.2) is 46.9 Å². The number of hydrogen-bond acceptors (Lipinski definition) is 6. The van der Waals surface area contributed by atoms with E-state index in [9.17, 15) is 19.3 Å². The molecule has 10 heteroatoms. The molecule has 1 aromatic heterocycles. The summed E-state index contributed by atoms with van der Waals surface area (Å²) < 4.78 is 14.2. The summed E-state index contributed by atoms with van der Waals surface area (Å²) in [6.07, 6.45) is 0. The molecular weight excluding hydrogens is 431 g/mol. The van der Waals surface area contributed by atoms with E-state index in [2.05, 4.69) is 9.88 Å². The molecule has 160 valence electrons. The number of aromatic nitrogens is 1. The van der Waals surface area contributed by atoms with Crippen molar-refractivity contribution >= 4 is 50.7 Å². The van der Waals surface area contributed by atoms with Crippen molar-refractivity contribution in [2.75, 3.05) is 31.1 Å². The van der Waals surface area contributed by atoms with E-state index in [1.807, 2.05) is 13.8 Å². The van der Waals surface area contributed by atoms with Crippen molar-refractivity contribution in [3.05, 3.63) is 64.0 Å². The van der Waals surface area contributed by atoms with E-state index < -0.39 is 4.92 Å². The van der Waals surface area contributed by atoms with Crippen LogP contribution >= 0.6 is 23.7 Å². The molecule has 0 fully saturated rings. The number of rotatable bonds is 8. The van der Waals surface area contributed by atoms with Crippen LogP contribution in [0, 0.1) is 15.9 Å². The highest BCUT2D eigenvalue weighted by molar-refractivity contribution is 7.22. The van der Waals surface area contributed by atoms with Gasteiger partial charge in [0.05, 0.1) is 15.1 Å². The number of nitro groups is 1. The fourth-order valence-corrected chi connectivity index (χ4v) is 3.99. The van der Waals surface area contributed by atoms with Gasteiger partial charge in [-0.3, -0.25) is 19.8 Å². The van der Waals surface area contributed by atoms with E-state index in [0.717, 1.165) is 13.1 Å². The van der Waals surface area contributed by atoms with E-state index in [1.165, 1.54) is 46.6 Å². The lowest BCUT2D eigenvalue weighted by molar-refractivity contribution is -0.384. The number of nitrogens with zero attached hydrogens (tertiary/aromatic N) is 4. The Balaban J connectivity index is 0.00000320. The predicted molar refractivity (Wildman–Crippen MR) is 119 cm³/mol. The molecule has 7 nitrogen and oxygen atoms in total. The normalized spacial score (nSPS) is 10.8. The number of amides is 1. The Morgan fingerprint density at radius 1 is 1.17 bits per heavy atom. The summed E-state index contributed by atoms with van der Waals surface area (Å²) >= 11 is 1.22. The van der Waals surface area contributed by atoms with Crippen molar-refractivity contribution in [3.63, 3.8) is 0 Å². The molecule has 30 heavy (non-hydrogen) atoms. The average Bonchev–Trinajstić information content (AvgIpc) is 3.13. The van der Waals surface area contributed by atoms with Crippen molar-refractivity contribution in [3.8, 4) is 0 Å². The zero-order chi connectivity index (χ0) is 21.0. The van der Waals surface area contributed by atoms with E-state index in [0.29, 0.717) is 28.4 Å². The largest absolute Gasteiger partial charge is 0.302 e. The van der Waals surface area contributed by atoms with E-state index >= 15 is 0 Å². The number of carbonyl (C=O) groups is 1. The zero-order valence-electron chi connectivity index (χ0n) is 16.6. The number of halogens is 2. The Bertz CT molecular complexity index is 1040. The fraction of sp³-hybridized carbons (Fsp3) is 0.300. The SMILES string of the molecule is CCN(CC)CCN(C(=O)c1cccc([N+](=O)[O-])c1)c1nc2ccc(F)cc2s1.Cl. The number of likely N-dealkylation sites (N-methyl/N-ethyl adjacent to an activating group) is 1. The first kappa shape index (κ1) is 23.7. The molecule has 0 aliphatic carbocycles. The van der Waals surface area contributed by atoms with Gasteiger partial charge in [0.25, 0.3) is 11.6 Å². The number of fused-ring (bicyclic) bond motifs is 1.